The number of hydrogen-bond acceptors (Lipinski definition) is 5. The van der Waals surface area contributed by atoms with Crippen LogP contribution in [0.2, 0.25) is 0 Å². The zero-order valence-electron chi connectivity index (χ0n) is 12.5. The molecule has 1 aliphatic rings. The Bertz CT molecular complexity index is 824. The van der Waals surface area contributed by atoms with Crippen LogP contribution in [0.5, 0.6) is 0 Å². The van der Waals surface area contributed by atoms with Crippen LogP contribution in [0.1, 0.15) is 0 Å². The average Bonchev–Trinajstić information content (AvgIpc) is 2.57. The molecule has 24 heavy (non-hydrogen) atoms. The van der Waals surface area contributed by atoms with Crippen LogP contribution in [-0.2, 0) is 9.59 Å². The van der Waals surface area contributed by atoms with Crippen LogP contribution in [-0.4, -0.2) is 29.0 Å². The number of rotatable bonds is 4. The monoisotopic (exact) mass is 343 g/mol. The molecule has 0 bridgehead atoms. The van der Waals surface area contributed by atoms with Gasteiger partial charge in [0, 0.05) is 22.7 Å². The number of carbonyl (C=O) groups is 2. The maximum atomic E-state index is 12.2. The summed E-state index contributed by atoms with van der Waals surface area (Å²) >= 11 is 1.44. The molecule has 0 aromatic heterocycles. The maximum Gasteiger partial charge on any atom is 0.271 e. The second-order valence-corrected chi connectivity index (χ2v) is 6.11. The van der Waals surface area contributed by atoms with Gasteiger partial charge >= 0.3 is 0 Å². The number of hydrogen-bond donors (Lipinski definition) is 1. The zero-order valence-corrected chi connectivity index (χ0v) is 13.3. The summed E-state index contributed by atoms with van der Waals surface area (Å²) in [6.07, 6.45) is 0. The Balaban J connectivity index is 1.74. The van der Waals surface area contributed by atoms with Crippen LogP contribution >= 0.6 is 11.8 Å². The summed E-state index contributed by atoms with van der Waals surface area (Å²) in [5, 5.41) is 13.4. The van der Waals surface area contributed by atoms with Gasteiger partial charge in [-0.1, -0.05) is 18.2 Å². The molecule has 0 atom stereocenters. The van der Waals surface area contributed by atoms with Crippen LogP contribution in [0.4, 0.5) is 17.1 Å². The standard InChI is InChI=1S/C16H13N3O4S/c20-15(17-11-4-3-5-12(8-11)19(22)23)9-18-13-6-1-2-7-14(13)24-10-16(18)21/h1-8H,9-10H2,(H,17,20). The van der Waals surface area contributed by atoms with Crippen molar-refractivity contribution in [1.82, 2.24) is 0 Å². The number of carbonyl (C=O) groups excluding carboxylic acids is 2. The lowest BCUT2D eigenvalue weighted by Crippen LogP contribution is -2.41. The van der Waals surface area contributed by atoms with Crippen molar-refractivity contribution < 1.29 is 14.5 Å². The van der Waals surface area contributed by atoms with Crippen LogP contribution < -0.4 is 10.2 Å². The predicted molar refractivity (Wildman–Crippen MR) is 91.2 cm³/mol. The molecule has 122 valence electrons. The first kappa shape index (κ1) is 16.0. The van der Waals surface area contributed by atoms with E-state index in [4.69, 9.17) is 0 Å². The molecule has 1 aliphatic heterocycles. The molecule has 3 rings (SSSR count). The Kier molecular flexibility index (Phi) is 4.48. The summed E-state index contributed by atoms with van der Waals surface area (Å²) in [6.45, 7) is -0.140. The van der Waals surface area contributed by atoms with Crippen LogP contribution in [0.15, 0.2) is 53.4 Å². The molecule has 2 aromatic rings. The summed E-state index contributed by atoms with van der Waals surface area (Å²) in [6, 6.07) is 13.1. The van der Waals surface area contributed by atoms with Gasteiger partial charge in [-0.2, -0.15) is 0 Å². The smallest absolute Gasteiger partial charge is 0.271 e. The molecule has 0 saturated heterocycles. The fourth-order valence-electron chi connectivity index (χ4n) is 2.37. The Morgan fingerprint density at radius 1 is 1.25 bits per heavy atom. The van der Waals surface area contributed by atoms with E-state index in [-0.39, 0.29) is 23.9 Å². The molecule has 0 saturated carbocycles. The molecule has 0 aliphatic carbocycles. The van der Waals surface area contributed by atoms with E-state index in [0.717, 1.165) is 4.90 Å². The molecule has 1 heterocycles. The third-order valence-electron chi connectivity index (χ3n) is 3.45. The predicted octanol–water partition coefficient (Wildman–Crippen LogP) is 2.67. The molecule has 1 N–H and O–H groups in total. The van der Waals surface area contributed by atoms with Gasteiger partial charge in [-0.05, 0) is 18.2 Å². The lowest BCUT2D eigenvalue weighted by molar-refractivity contribution is -0.384. The van der Waals surface area contributed by atoms with Crippen molar-refractivity contribution in [2.75, 3.05) is 22.5 Å². The summed E-state index contributed by atoms with van der Waals surface area (Å²) in [5.74, 6) is -0.278. The zero-order chi connectivity index (χ0) is 17.1. The van der Waals surface area contributed by atoms with Gasteiger partial charge in [0.2, 0.25) is 11.8 Å². The minimum Gasteiger partial charge on any atom is -0.324 e. The number of thioether (sulfide) groups is 1. The molecule has 8 heteroatoms. The normalized spacial score (nSPS) is 13.3. The highest BCUT2D eigenvalue weighted by Crippen LogP contribution is 2.34. The molecule has 7 nitrogen and oxygen atoms in total. The highest BCUT2D eigenvalue weighted by molar-refractivity contribution is 8.00. The molecule has 2 aromatic carbocycles. The number of fused-ring (bicyclic) bond motifs is 1. The summed E-state index contributed by atoms with van der Waals surface area (Å²) < 4.78 is 0. The fourth-order valence-corrected chi connectivity index (χ4v) is 3.30. The van der Waals surface area contributed by atoms with E-state index < -0.39 is 10.8 Å². The number of nitrogens with zero attached hydrogens (tertiary/aromatic N) is 2. The number of benzene rings is 2. The first-order chi connectivity index (χ1) is 11.5. The van der Waals surface area contributed by atoms with E-state index in [9.17, 15) is 19.7 Å². The topological polar surface area (TPSA) is 92.6 Å². The van der Waals surface area contributed by atoms with E-state index in [1.165, 1.54) is 34.9 Å². The number of anilines is 2. The third-order valence-corrected chi connectivity index (χ3v) is 4.50. The van der Waals surface area contributed by atoms with Crippen LogP contribution in [0, 0.1) is 10.1 Å². The highest BCUT2D eigenvalue weighted by atomic mass is 32.2. The fraction of sp³-hybridized carbons (Fsp3) is 0.125. The number of nitro groups is 1. The van der Waals surface area contributed by atoms with Crippen molar-refractivity contribution in [3.63, 3.8) is 0 Å². The summed E-state index contributed by atoms with van der Waals surface area (Å²) in [7, 11) is 0. The Morgan fingerprint density at radius 3 is 2.83 bits per heavy atom. The van der Waals surface area contributed by atoms with Gasteiger partial charge in [-0.25, -0.2) is 0 Å². The number of nitro benzene ring substituents is 1. The average molecular weight is 343 g/mol. The molecular weight excluding hydrogens is 330 g/mol. The first-order valence-corrected chi connectivity index (χ1v) is 8.09. The Hall–Kier alpha value is -2.87. The summed E-state index contributed by atoms with van der Waals surface area (Å²) in [4.78, 5) is 37.0. The molecule has 2 amide bonds. The largest absolute Gasteiger partial charge is 0.324 e. The quantitative estimate of drug-likeness (QED) is 0.680. The van der Waals surface area contributed by atoms with Gasteiger partial charge in [-0.15, -0.1) is 11.8 Å². The Labute approximate surface area is 141 Å². The lowest BCUT2D eigenvalue weighted by Gasteiger charge is -2.28. The van der Waals surface area contributed by atoms with E-state index >= 15 is 0 Å². The Morgan fingerprint density at radius 2 is 2.04 bits per heavy atom. The van der Waals surface area contributed by atoms with Crippen molar-refractivity contribution in [2.24, 2.45) is 0 Å². The minimum absolute atomic E-state index is 0.108. The maximum absolute atomic E-state index is 12.2. The first-order valence-electron chi connectivity index (χ1n) is 7.11. The molecule has 0 radical (unpaired) electrons. The van der Waals surface area contributed by atoms with Crippen molar-refractivity contribution in [3.05, 3.63) is 58.6 Å². The van der Waals surface area contributed by atoms with Crippen molar-refractivity contribution in [1.29, 1.82) is 0 Å². The van der Waals surface area contributed by atoms with Crippen molar-refractivity contribution >= 4 is 40.6 Å². The molecule has 0 fully saturated rings. The number of nitrogens with one attached hydrogen (secondary N) is 1. The van der Waals surface area contributed by atoms with Gasteiger partial charge in [0.25, 0.3) is 5.69 Å². The minimum atomic E-state index is -0.530. The van der Waals surface area contributed by atoms with Gasteiger partial charge in [0.1, 0.15) is 6.54 Å². The molecule has 0 unspecified atom stereocenters. The van der Waals surface area contributed by atoms with Crippen LogP contribution in [0.25, 0.3) is 0 Å². The van der Waals surface area contributed by atoms with E-state index in [0.29, 0.717) is 11.4 Å². The number of amides is 2. The highest BCUT2D eigenvalue weighted by Gasteiger charge is 2.26. The van der Waals surface area contributed by atoms with Gasteiger partial charge < -0.3 is 10.2 Å². The lowest BCUT2D eigenvalue weighted by atomic mass is 10.2. The van der Waals surface area contributed by atoms with Gasteiger partial charge in [0.15, 0.2) is 0 Å². The van der Waals surface area contributed by atoms with Crippen LogP contribution in [0.3, 0.4) is 0 Å². The van der Waals surface area contributed by atoms with Gasteiger partial charge in [0.05, 0.1) is 16.4 Å². The summed E-state index contributed by atoms with van der Waals surface area (Å²) in [5.41, 5.74) is 0.915. The van der Waals surface area contributed by atoms with E-state index in [2.05, 4.69) is 5.32 Å². The van der Waals surface area contributed by atoms with Crippen molar-refractivity contribution in [3.8, 4) is 0 Å². The third kappa shape index (κ3) is 3.38. The second kappa shape index (κ2) is 6.71. The molecule has 0 spiro atoms. The van der Waals surface area contributed by atoms with Crippen molar-refractivity contribution in [2.45, 2.75) is 4.90 Å². The van der Waals surface area contributed by atoms with Gasteiger partial charge in [-0.3, -0.25) is 19.7 Å². The molecular formula is C16H13N3O4S. The second-order valence-electron chi connectivity index (χ2n) is 5.09. The SMILES string of the molecule is O=C(CN1C(=O)CSc2ccccc21)Nc1cccc([N+](=O)[O-])c1. The van der Waals surface area contributed by atoms with E-state index in [1.54, 1.807) is 12.1 Å². The number of para-hydroxylation sites is 1. The van der Waals surface area contributed by atoms with E-state index in [1.807, 2.05) is 18.2 Å². The number of non-ortho nitro benzene ring substituents is 1.